The quantitative estimate of drug-likeness (QED) is 0.559. The van der Waals surface area contributed by atoms with Crippen molar-refractivity contribution in [3.8, 4) is 11.5 Å². The average molecular weight is 359 g/mol. The van der Waals surface area contributed by atoms with E-state index < -0.39 is 5.97 Å². The average Bonchev–Trinajstić information content (AvgIpc) is 2.86. The van der Waals surface area contributed by atoms with Gasteiger partial charge in [-0.2, -0.15) is 0 Å². The fraction of sp³-hybridized carbons (Fsp3) is 0.400. The van der Waals surface area contributed by atoms with E-state index >= 15 is 0 Å². The van der Waals surface area contributed by atoms with Gasteiger partial charge in [-0.3, -0.25) is 4.79 Å². The van der Waals surface area contributed by atoms with Crippen LogP contribution in [0.15, 0.2) is 24.3 Å². The number of rotatable bonds is 7. The molecule has 0 unspecified atom stereocenters. The van der Waals surface area contributed by atoms with Gasteiger partial charge in [0.2, 0.25) is 5.78 Å². The first-order valence-electron chi connectivity index (χ1n) is 8.42. The van der Waals surface area contributed by atoms with Crippen LogP contribution in [0.1, 0.15) is 46.0 Å². The van der Waals surface area contributed by atoms with Crippen molar-refractivity contribution in [3.63, 3.8) is 0 Å². The van der Waals surface area contributed by atoms with E-state index in [1.807, 2.05) is 39.3 Å². The molecule has 6 nitrogen and oxygen atoms in total. The lowest BCUT2D eigenvalue weighted by molar-refractivity contribution is 0.0474. The van der Waals surface area contributed by atoms with Gasteiger partial charge < -0.3 is 18.8 Å². The van der Waals surface area contributed by atoms with Crippen LogP contribution in [0.5, 0.6) is 11.5 Å². The number of ether oxygens (including phenoxy) is 3. The second kappa shape index (κ2) is 8.08. The van der Waals surface area contributed by atoms with Gasteiger partial charge in [0.05, 0.1) is 18.8 Å². The van der Waals surface area contributed by atoms with Crippen LogP contribution < -0.4 is 9.47 Å². The van der Waals surface area contributed by atoms with E-state index in [9.17, 15) is 9.59 Å². The fourth-order valence-corrected chi connectivity index (χ4v) is 2.58. The number of hydrogen-bond acceptors (Lipinski definition) is 5. The standard InChI is InChI=1S/C20H25NO5/c1-12(2)26-18-8-7-15(10-19(18)24-6)20(23)25-11-17(22)16-9-13(3)21(5)14(16)4/h7-10,12H,11H2,1-6H3. The Labute approximate surface area is 153 Å². The Morgan fingerprint density at radius 1 is 1.12 bits per heavy atom. The molecule has 6 heteroatoms. The molecule has 0 N–H and O–H groups in total. The number of Topliss-reactive ketones (excluding diaryl/α,β-unsaturated/α-hetero) is 1. The molecule has 0 saturated carbocycles. The summed E-state index contributed by atoms with van der Waals surface area (Å²) in [6.07, 6.45) is -0.0168. The lowest BCUT2D eigenvalue weighted by Crippen LogP contribution is -2.15. The molecule has 0 atom stereocenters. The van der Waals surface area contributed by atoms with Gasteiger partial charge in [-0.1, -0.05) is 0 Å². The Morgan fingerprint density at radius 2 is 1.81 bits per heavy atom. The fourth-order valence-electron chi connectivity index (χ4n) is 2.58. The van der Waals surface area contributed by atoms with Crippen molar-refractivity contribution in [2.75, 3.05) is 13.7 Å². The summed E-state index contributed by atoms with van der Waals surface area (Å²) in [6, 6.07) is 6.59. The summed E-state index contributed by atoms with van der Waals surface area (Å²) in [5.74, 6) is 0.170. The molecule has 1 aromatic heterocycles. The van der Waals surface area contributed by atoms with Crippen molar-refractivity contribution >= 4 is 11.8 Å². The van der Waals surface area contributed by atoms with E-state index in [0.29, 0.717) is 22.6 Å². The van der Waals surface area contributed by atoms with Crippen LogP contribution >= 0.6 is 0 Å². The summed E-state index contributed by atoms with van der Waals surface area (Å²) in [5.41, 5.74) is 2.69. The molecule has 0 aliphatic carbocycles. The third-order valence-electron chi connectivity index (χ3n) is 4.17. The lowest BCUT2D eigenvalue weighted by atomic mass is 10.1. The van der Waals surface area contributed by atoms with Gasteiger partial charge in [-0.15, -0.1) is 0 Å². The van der Waals surface area contributed by atoms with Crippen molar-refractivity contribution in [2.45, 2.75) is 33.8 Å². The van der Waals surface area contributed by atoms with Gasteiger partial charge in [0.1, 0.15) is 0 Å². The van der Waals surface area contributed by atoms with Gasteiger partial charge in [0.25, 0.3) is 0 Å². The Kier molecular flexibility index (Phi) is 6.08. The van der Waals surface area contributed by atoms with Crippen LogP contribution in [0.4, 0.5) is 0 Å². The maximum atomic E-state index is 12.3. The van der Waals surface area contributed by atoms with Crippen molar-refractivity contribution in [1.29, 1.82) is 0 Å². The minimum absolute atomic E-state index is 0.0168. The summed E-state index contributed by atoms with van der Waals surface area (Å²) in [6.45, 7) is 7.28. The zero-order valence-corrected chi connectivity index (χ0v) is 16.1. The Morgan fingerprint density at radius 3 is 2.35 bits per heavy atom. The highest BCUT2D eigenvalue weighted by Gasteiger charge is 2.18. The Bertz CT molecular complexity index is 820. The molecule has 0 radical (unpaired) electrons. The molecule has 2 aromatic rings. The molecule has 0 aliphatic rings. The minimum atomic E-state index is -0.585. The molecule has 26 heavy (non-hydrogen) atoms. The number of aryl methyl sites for hydroxylation is 1. The van der Waals surface area contributed by atoms with E-state index in [0.717, 1.165) is 11.4 Å². The van der Waals surface area contributed by atoms with Crippen molar-refractivity contribution in [1.82, 2.24) is 4.57 Å². The number of aromatic nitrogens is 1. The number of hydrogen-bond donors (Lipinski definition) is 0. The third kappa shape index (κ3) is 4.25. The Hall–Kier alpha value is -2.76. The predicted octanol–water partition coefficient (Wildman–Crippen LogP) is 3.48. The smallest absolute Gasteiger partial charge is 0.338 e. The van der Waals surface area contributed by atoms with Gasteiger partial charge in [0.15, 0.2) is 18.1 Å². The van der Waals surface area contributed by atoms with Gasteiger partial charge in [-0.05, 0) is 52.0 Å². The van der Waals surface area contributed by atoms with Gasteiger partial charge in [-0.25, -0.2) is 4.79 Å². The van der Waals surface area contributed by atoms with Gasteiger partial charge >= 0.3 is 5.97 Å². The lowest BCUT2D eigenvalue weighted by Gasteiger charge is -2.14. The molecular weight excluding hydrogens is 334 g/mol. The third-order valence-corrected chi connectivity index (χ3v) is 4.17. The molecule has 1 aromatic carbocycles. The molecule has 0 spiro atoms. The molecule has 0 amide bonds. The summed E-state index contributed by atoms with van der Waals surface area (Å²) in [7, 11) is 3.39. The summed E-state index contributed by atoms with van der Waals surface area (Å²) < 4.78 is 18.0. The normalized spacial score (nSPS) is 10.7. The number of carbonyl (C=O) groups is 2. The van der Waals surface area contributed by atoms with E-state index in [2.05, 4.69) is 0 Å². The maximum Gasteiger partial charge on any atom is 0.338 e. The molecule has 140 valence electrons. The number of benzene rings is 1. The van der Waals surface area contributed by atoms with E-state index in [-0.39, 0.29) is 18.5 Å². The number of nitrogens with zero attached hydrogens (tertiary/aromatic N) is 1. The van der Waals surface area contributed by atoms with Crippen LogP contribution in [0.3, 0.4) is 0 Å². The second-order valence-corrected chi connectivity index (χ2v) is 6.38. The largest absolute Gasteiger partial charge is 0.493 e. The number of methoxy groups -OCH3 is 1. The predicted molar refractivity (Wildman–Crippen MR) is 98.3 cm³/mol. The first-order valence-corrected chi connectivity index (χ1v) is 8.42. The molecule has 0 saturated heterocycles. The molecule has 1 heterocycles. The SMILES string of the molecule is COc1cc(C(=O)OCC(=O)c2cc(C)n(C)c2C)ccc1OC(C)C. The van der Waals surface area contributed by atoms with Crippen molar-refractivity contribution in [3.05, 3.63) is 46.8 Å². The number of esters is 1. The molecular formula is C20H25NO5. The molecule has 0 fully saturated rings. The highest BCUT2D eigenvalue weighted by atomic mass is 16.5. The van der Waals surface area contributed by atoms with Crippen LogP contribution in [0.25, 0.3) is 0 Å². The molecule has 0 aliphatic heterocycles. The zero-order chi connectivity index (χ0) is 19.4. The number of carbonyl (C=O) groups excluding carboxylic acids is 2. The van der Waals surface area contributed by atoms with Crippen LogP contribution in [0.2, 0.25) is 0 Å². The minimum Gasteiger partial charge on any atom is -0.493 e. The highest BCUT2D eigenvalue weighted by molar-refractivity contribution is 6.00. The van der Waals surface area contributed by atoms with Crippen LogP contribution in [-0.2, 0) is 11.8 Å². The van der Waals surface area contributed by atoms with E-state index in [1.54, 1.807) is 24.3 Å². The monoisotopic (exact) mass is 359 g/mol. The number of ketones is 1. The summed E-state index contributed by atoms with van der Waals surface area (Å²) in [5, 5.41) is 0. The van der Waals surface area contributed by atoms with Crippen LogP contribution in [0, 0.1) is 13.8 Å². The molecule has 2 rings (SSSR count). The van der Waals surface area contributed by atoms with E-state index in [1.165, 1.54) is 7.11 Å². The van der Waals surface area contributed by atoms with Crippen molar-refractivity contribution in [2.24, 2.45) is 7.05 Å². The molecule has 0 bridgehead atoms. The van der Waals surface area contributed by atoms with Crippen LogP contribution in [-0.4, -0.2) is 36.1 Å². The first kappa shape index (κ1) is 19.6. The zero-order valence-electron chi connectivity index (χ0n) is 16.1. The second-order valence-electron chi connectivity index (χ2n) is 6.38. The Balaban J connectivity index is 2.07. The summed E-state index contributed by atoms with van der Waals surface area (Å²) in [4.78, 5) is 24.6. The maximum absolute atomic E-state index is 12.3. The first-order chi connectivity index (χ1) is 12.2. The van der Waals surface area contributed by atoms with Gasteiger partial charge in [0, 0.05) is 24.0 Å². The van der Waals surface area contributed by atoms with E-state index in [4.69, 9.17) is 14.2 Å². The summed E-state index contributed by atoms with van der Waals surface area (Å²) >= 11 is 0. The van der Waals surface area contributed by atoms with Crippen molar-refractivity contribution < 1.29 is 23.8 Å². The highest BCUT2D eigenvalue weighted by Crippen LogP contribution is 2.29. The topological polar surface area (TPSA) is 66.8 Å².